The number of Topliss-reactive ketones (excluding diaryl/α,β-unsaturated/α-hetero) is 1. The lowest BCUT2D eigenvalue weighted by Gasteiger charge is -2.10. The van der Waals surface area contributed by atoms with Crippen LogP contribution in [0.2, 0.25) is 0 Å². The van der Waals surface area contributed by atoms with E-state index in [-0.39, 0.29) is 10.7 Å². The van der Waals surface area contributed by atoms with Crippen molar-refractivity contribution in [3.63, 3.8) is 0 Å². The third-order valence-electron chi connectivity index (χ3n) is 3.01. The molecule has 0 saturated heterocycles. The largest absolute Gasteiger partial charge is 0.497 e. The third-order valence-corrected chi connectivity index (χ3v) is 5.19. The Bertz CT molecular complexity index is 516. The van der Waals surface area contributed by atoms with Gasteiger partial charge in [-0.15, -0.1) is 0 Å². The zero-order valence-corrected chi connectivity index (χ0v) is 10.4. The molecule has 1 unspecified atom stereocenters. The molecule has 1 fully saturated rings. The molecule has 0 aliphatic heterocycles. The van der Waals surface area contributed by atoms with Crippen molar-refractivity contribution in [2.24, 2.45) is 0 Å². The zero-order valence-electron chi connectivity index (χ0n) is 9.55. The van der Waals surface area contributed by atoms with Gasteiger partial charge in [-0.3, -0.25) is 4.79 Å². The quantitative estimate of drug-likeness (QED) is 0.821. The normalized spacial score (nSPS) is 20.5. The predicted molar refractivity (Wildman–Crippen MR) is 62.8 cm³/mol. The van der Waals surface area contributed by atoms with Gasteiger partial charge < -0.3 is 4.74 Å². The number of sulfone groups is 1. The lowest BCUT2D eigenvalue weighted by atomic mass is 10.3. The Labute approximate surface area is 101 Å². The summed E-state index contributed by atoms with van der Waals surface area (Å²) in [4.78, 5) is 11.7. The van der Waals surface area contributed by atoms with Crippen LogP contribution in [-0.2, 0) is 14.6 Å². The summed E-state index contributed by atoms with van der Waals surface area (Å²) in [5.74, 6) is 0.433. The summed E-state index contributed by atoms with van der Waals surface area (Å²) in [7, 11) is -2.00. The fourth-order valence-corrected chi connectivity index (χ4v) is 3.83. The molecule has 0 N–H and O–H groups in total. The molecule has 1 aliphatic rings. The van der Waals surface area contributed by atoms with Gasteiger partial charge in [0, 0.05) is 6.42 Å². The van der Waals surface area contributed by atoms with E-state index in [9.17, 15) is 13.2 Å². The molecule has 2 rings (SSSR count). The number of ether oxygens (including phenoxy) is 1. The zero-order chi connectivity index (χ0) is 12.5. The van der Waals surface area contributed by atoms with Crippen molar-refractivity contribution < 1.29 is 17.9 Å². The van der Waals surface area contributed by atoms with Gasteiger partial charge in [0.05, 0.1) is 12.0 Å². The van der Waals surface area contributed by atoms with Crippen LogP contribution in [0.15, 0.2) is 29.2 Å². The summed E-state index contributed by atoms with van der Waals surface area (Å²) >= 11 is 0. The first-order chi connectivity index (χ1) is 8.05. The Balaban J connectivity index is 2.34. The first kappa shape index (κ1) is 12.1. The van der Waals surface area contributed by atoms with E-state index in [1.165, 1.54) is 19.2 Å². The van der Waals surface area contributed by atoms with E-state index in [4.69, 9.17) is 4.74 Å². The topological polar surface area (TPSA) is 60.4 Å². The number of benzene rings is 1. The minimum Gasteiger partial charge on any atom is -0.497 e. The molecule has 0 bridgehead atoms. The molecule has 1 atom stereocenters. The number of hydrogen-bond donors (Lipinski definition) is 0. The molecule has 4 nitrogen and oxygen atoms in total. The van der Waals surface area contributed by atoms with E-state index in [1.807, 2.05) is 0 Å². The first-order valence-corrected chi connectivity index (χ1v) is 7.01. The van der Waals surface area contributed by atoms with Crippen LogP contribution >= 0.6 is 0 Å². The highest BCUT2D eigenvalue weighted by molar-refractivity contribution is 7.92. The fourth-order valence-electron chi connectivity index (χ4n) is 2.04. The van der Waals surface area contributed by atoms with Gasteiger partial charge in [-0.25, -0.2) is 8.42 Å². The van der Waals surface area contributed by atoms with Gasteiger partial charge in [0.25, 0.3) is 0 Å². The van der Waals surface area contributed by atoms with E-state index in [2.05, 4.69) is 0 Å². The Morgan fingerprint density at radius 1 is 1.24 bits per heavy atom. The SMILES string of the molecule is COc1ccc(S(=O)(=O)C2CCCC2=O)cc1. The highest BCUT2D eigenvalue weighted by atomic mass is 32.2. The van der Waals surface area contributed by atoms with Crippen molar-refractivity contribution in [3.8, 4) is 5.75 Å². The Morgan fingerprint density at radius 3 is 2.35 bits per heavy atom. The molecule has 0 radical (unpaired) electrons. The van der Waals surface area contributed by atoms with Gasteiger partial charge in [-0.1, -0.05) is 0 Å². The van der Waals surface area contributed by atoms with Crippen LogP contribution in [-0.4, -0.2) is 26.6 Å². The van der Waals surface area contributed by atoms with Crippen LogP contribution in [0.3, 0.4) is 0 Å². The Kier molecular flexibility index (Phi) is 3.19. The van der Waals surface area contributed by atoms with Crippen LogP contribution in [0, 0.1) is 0 Å². The van der Waals surface area contributed by atoms with Crippen LogP contribution in [0.25, 0.3) is 0 Å². The molecule has 0 aromatic heterocycles. The molecule has 17 heavy (non-hydrogen) atoms. The molecule has 0 heterocycles. The van der Waals surface area contributed by atoms with Crippen LogP contribution in [0.5, 0.6) is 5.75 Å². The summed E-state index contributed by atoms with van der Waals surface area (Å²) in [6.45, 7) is 0. The van der Waals surface area contributed by atoms with Crippen LogP contribution in [0.1, 0.15) is 19.3 Å². The second kappa shape index (κ2) is 4.49. The molecule has 0 amide bonds. The van der Waals surface area contributed by atoms with E-state index < -0.39 is 15.1 Å². The number of rotatable bonds is 3. The van der Waals surface area contributed by atoms with Crippen molar-refractivity contribution >= 4 is 15.6 Å². The maximum absolute atomic E-state index is 12.2. The highest BCUT2D eigenvalue weighted by Crippen LogP contribution is 2.28. The average molecular weight is 254 g/mol. The lowest BCUT2D eigenvalue weighted by molar-refractivity contribution is -0.117. The third kappa shape index (κ3) is 2.20. The molecule has 1 saturated carbocycles. The first-order valence-electron chi connectivity index (χ1n) is 5.46. The van der Waals surface area contributed by atoms with Gasteiger partial charge in [-0.2, -0.15) is 0 Å². The van der Waals surface area contributed by atoms with Gasteiger partial charge >= 0.3 is 0 Å². The standard InChI is InChI=1S/C12H14O4S/c1-16-9-5-7-10(8-6-9)17(14,15)12-4-2-3-11(12)13/h5-8,12H,2-4H2,1H3. The van der Waals surface area contributed by atoms with E-state index in [1.54, 1.807) is 12.1 Å². The van der Waals surface area contributed by atoms with Crippen LogP contribution < -0.4 is 4.74 Å². The number of methoxy groups -OCH3 is 1. The molecular formula is C12H14O4S. The van der Waals surface area contributed by atoms with E-state index >= 15 is 0 Å². The Morgan fingerprint density at radius 2 is 1.88 bits per heavy atom. The summed E-state index contributed by atoms with van der Waals surface area (Å²) < 4.78 is 29.3. The van der Waals surface area contributed by atoms with Gasteiger partial charge in [-0.05, 0) is 37.1 Å². The number of carbonyl (C=O) groups is 1. The van der Waals surface area contributed by atoms with Crippen LogP contribution in [0.4, 0.5) is 0 Å². The van der Waals surface area contributed by atoms with E-state index in [0.717, 1.165) is 0 Å². The summed E-state index contributed by atoms with van der Waals surface area (Å²) in [5.41, 5.74) is 0. The van der Waals surface area contributed by atoms with Crippen molar-refractivity contribution in [3.05, 3.63) is 24.3 Å². The van der Waals surface area contributed by atoms with Gasteiger partial charge in [0.15, 0.2) is 15.6 Å². The molecule has 0 spiro atoms. The minimum absolute atomic E-state index is 0.166. The minimum atomic E-state index is -3.52. The van der Waals surface area contributed by atoms with Crippen molar-refractivity contribution in [2.75, 3.05) is 7.11 Å². The maximum atomic E-state index is 12.2. The number of carbonyl (C=O) groups excluding carboxylic acids is 1. The highest BCUT2D eigenvalue weighted by Gasteiger charge is 2.36. The predicted octanol–water partition coefficient (Wildman–Crippen LogP) is 1.59. The molecular weight excluding hydrogens is 240 g/mol. The summed E-state index contributed by atoms with van der Waals surface area (Å²) in [5, 5.41) is -0.851. The molecule has 5 heteroatoms. The monoisotopic (exact) mass is 254 g/mol. The van der Waals surface area contributed by atoms with Crippen molar-refractivity contribution in [2.45, 2.75) is 29.4 Å². The summed E-state index contributed by atoms with van der Waals surface area (Å²) in [6.07, 6.45) is 1.48. The second-order valence-electron chi connectivity index (χ2n) is 4.07. The number of ketones is 1. The average Bonchev–Trinajstić information content (AvgIpc) is 2.76. The fraction of sp³-hybridized carbons (Fsp3) is 0.417. The smallest absolute Gasteiger partial charge is 0.188 e. The van der Waals surface area contributed by atoms with Crippen molar-refractivity contribution in [1.82, 2.24) is 0 Å². The lowest BCUT2D eigenvalue weighted by Crippen LogP contribution is -2.25. The maximum Gasteiger partial charge on any atom is 0.188 e. The molecule has 92 valence electrons. The molecule has 1 aromatic rings. The van der Waals surface area contributed by atoms with E-state index in [0.29, 0.717) is 25.0 Å². The second-order valence-corrected chi connectivity index (χ2v) is 6.20. The summed E-state index contributed by atoms with van der Waals surface area (Å²) in [6, 6.07) is 6.15. The Hall–Kier alpha value is -1.36. The van der Waals surface area contributed by atoms with Gasteiger partial charge in [0.2, 0.25) is 0 Å². The van der Waals surface area contributed by atoms with Gasteiger partial charge in [0.1, 0.15) is 11.0 Å². The molecule has 1 aliphatic carbocycles. The number of hydrogen-bond acceptors (Lipinski definition) is 4. The molecule has 1 aromatic carbocycles. The van der Waals surface area contributed by atoms with Crippen molar-refractivity contribution in [1.29, 1.82) is 0 Å².